The van der Waals surface area contributed by atoms with Gasteiger partial charge in [0.2, 0.25) is 0 Å². The van der Waals surface area contributed by atoms with Crippen molar-refractivity contribution in [3.05, 3.63) is 29.6 Å². The number of rotatable bonds is 4. The first kappa shape index (κ1) is 16.6. The lowest BCUT2D eigenvalue weighted by molar-refractivity contribution is 0.0311. The van der Waals surface area contributed by atoms with Gasteiger partial charge in [0.1, 0.15) is 5.82 Å². The quantitative estimate of drug-likeness (QED) is 0.885. The zero-order valence-corrected chi connectivity index (χ0v) is 14.0. The number of carbonyl (C=O) groups is 1. The predicted octanol–water partition coefficient (Wildman–Crippen LogP) is 2.41. The summed E-state index contributed by atoms with van der Waals surface area (Å²) in [5.41, 5.74) is 0.0517. The van der Waals surface area contributed by atoms with Gasteiger partial charge in [-0.15, -0.1) is 0 Å². The van der Waals surface area contributed by atoms with Gasteiger partial charge in [-0.2, -0.15) is 11.8 Å². The number of thioether (sulfide) groups is 1. The summed E-state index contributed by atoms with van der Waals surface area (Å²) >= 11 is 1.82. The maximum Gasteiger partial charge on any atom is 0.251 e. The van der Waals surface area contributed by atoms with E-state index in [1.807, 2.05) is 16.7 Å². The molecule has 0 aromatic heterocycles. The van der Waals surface area contributed by atoms with Gasteiger partial charge in [-0.3, -0.25) is 4.79 Å². The fraction of sp³-hybridized carbons (Fsp3) is 0.588. The van der Waals surface area contributed by atoms with Crippen LogP contribution in [0, 0.1) is 5.82 Å². The summed E-state index contributed by atoms with van der Waals surface area (Å²) in [6.07, 6.45) is 3.53. The van der Waals surface area contributed by atoms with Crippen molar-refractivity contribution in [3.63, 3.8) is 0 Å². The Morgan fingerprint density at radius 3 is 2.65 bits per heavy atom. The van der Waals surface area contributed by atoms with E-state index >= 15 is 0 Å². The maximum absolute atomic E-state index is 14.3. The summed E-state index contributed by atoms with van der Waals surface area (Å²) in [6.45, 7) is 1.96. The van der Waals surface area contributed by atoms with Crippen molar-refractivity contribution in [1.82, 2.24) is 5.32 Å². The van der Waals surface area contributed by atoms with Crippen LogP contribution in [0.25, 0.3) is 0 Å². The zero-order valence-electron chi connectivity index (χ0n) is 13.2. The standard InChI is InChI=1S/C17H23FN2O2S/c18-14-11-13(3-4-15(14)20-7-1-2-8-20)16(21)19-12-17(22)5-9-23-10-6-17/h3-4,11,22H,1-2,5-10,12H2,(H,19,21). The van der Waals surface area contributed by atoms with Crippen LogP contribution >= 0.6 is 11.8 Å². The van der Waals surface area contributed by atoms with Crippen molar-refractivity contribution < 1.29 is 14.3 Å². The molecule has 3 rings (SSSR count). The van der Waals surface area contributed by atoms with Gasteiger partial charge in [-0.1, -0.05) is 0 Å². The molecule has 0 saturated carbocycles. The van der Waals surface area contributed by atoms with Crippen molar-refractivity contribution in [2.75, 3.05) is 36.0 Å². The van der Waals surface area contributed by atoms with Crippen LogP contribution in [0.5, 0.6) is 0 Å². The van der Waals surface area contributed by atoms with E-state index in [0.717, 1.165) is 37.4 Å². The van der Waals surface area contributed by atoms with Crippen LogP contribution in [0.2, 0.25) is 0 Å². The molecule has 0 spiro atoms. The van der Waals surface area contributed by atoms with Crippen LogP contribution in [-0.2, 0) is 0 Å². The summed E-state index contributed by atoms with van der Waals surface area (Å²) in [5.74, 6) is 1.13. The SMILES string of the molecule is O=C(NCC1(O)CCSCC1)c1ccc(N2CCCC2)c(F)c1. The Hall–Kier alpha value is -1.27. The number of hydrogen-bond acceptors (Lipinski definition) is 4. The van der Waals surface area contributed by atoms with Crippen LogP contribution < -0.4 is 10.2 Å². The number of carbonyl (C=O) groups excluding carboxylic acids is 1. The molecule has 2 heterocycles. The molecule has 2 fully saturated rings. The minimum Gasteiger partial charge on any atom is -0.388 e. The molecule has 0 bridgehead atoms. The third-order valence-corrected chi connectivity index (χ3v) is 5.64. The topological polar surface area (TPSA) is 52.6 Å². The minimum absolute atomic E-state index is 0.224. The Bertz CT molecular complexity index is 570. The molecule has 2 N–H and O–H groups in total. The molecular weight excluding hydrogens is 315 g/mol. The molecule has 2 aliphatic rings. The van der Waals surface area contributed by atoms with Crippen molar-refractivity contribution in [2.24, 2.45) is 0 Å². The molecule has 1 amide bonds. The van der Waals surface area contributed by atoms with Gasteiger partial charge in [0.05, 0.1) is 11.3 Å². The number of amides is 1. The van der Waals surface area contributed by atoms with E-state index in [-0.39, 0.29) is 18.3 Å². The van der Waals surface area contributed by atoms with E-state index in [9.17, 15) is 14.3 Å². The molecule has 2 aliphatic heterocycles. The van der Waals surface area contributed by atoms with Gasteiger partial charge in [0, 0.05) is 25.2 Å². The number of aliphatic hydroxyl groups is 1. The molecule has 0 unspecified atom stereocenters. The summed E-state index contributed by atoms with van der Waals surface area (Å²) < 4.78 is 14.3. The monoisotopic (exact) mass is 338 g/mol. The number of hydrogen-bond donors (Lipinski definition) is 2. The average molecular weight is 338 g/mol. The molecule has 0 aliphatic carbocycles. The van der Waals surface area contributed by atoms with E-state index in [1.165, 1.54) is 6.07 Å². The van der Waals surface area contributed by atoms with Crippen molar-refractivity contribution in [2.45, 2.75) is 31.3 Å². The Kier molecular flexibility index (Phi) is 5.11. The lowest BCUT2D eigenvalue weighted by Crippen LogP contribution is -2.45. The predicted molar refractivity (Wildman–Crippen MR) is 91.7 cm³/mol. The van der Waals surface area contributed by atoms with Crippen molar-refractivity contribution >= 4 is 23.4 Å². The minimum atomic E-state index is -0.824. The maximum atomic E-state index is 14.3. The molecule has 2 saturated heterocycles. The molecule has 23 heavy (non-hydrogen) atoms. The second-order valence-electron chi connectivity index (χ2n) is 6.38. The van der Waals surface area contributed by atoms with Gasteiger partial charge in [0.25, 0.3) is 5.91 Å². The molecule has 6 heteroatoms. The first-order chi connectivity index (χ1) is 11.1. The van der Waals surface area contributed by atoms with Gasteiger partial charge in [-0.25, -0.2) is 4.39 Å². The first-order valence-electron chi connectivity index (χ1n) is 8.20. The highest BCUT2D eigenvalue weighted by Crippen LogP contribution is 2.27. The fourth-order valence-corrected chi connectivity index (χ4v) is 4.39. The van der Waals surface area contributed by atoms with Crippen LogP contribution in [0.1, 0.15) is 36.0 Å². The van der Waals surface area contributed by atoms with E-state index in [2.05, 4.69) is 5.32 Å². The summed E-state index contributed by atoms with van der Waals surface area (Å²) in [7, 11) is 0. The van der Waals surface area contributed by atoms with Crippen LogP contribution in [0.15, 0.2) is 18.2 Å². The molecule has 4 nitrogen and oxygen atoms in total. The highest BCUT2D eigenvalue weighted by Gasteiger charge is 2.30. The summed E-state index contributed by atoms with van der Waals surface area (Å²) in [5, 5.41) is 13.1. The van der Waals surface area contributed by atoms with Gasteiger partial charge < -0.3 is 15.3 Å². The van der Waals surface area contributed by atoms with Gasteiger partial charge in [-0.05, 0) is 55.4 Å². The second-order valence-corrected chi connectivity index (χ2v) is 7.60. The Labute approximate surface area is 140 Å². The van der Waals surface area contributed by atoms with Crippen molar-refractivity contribution in [1.29, 1.82) is 0 Å². The smallest absolute Gasteiger partial charge is 0.251 e. The number of halogens is 1. The molecule has 0 atom stereocenters. The lowest BCUT2D eigenvalue weighted by Gasteiger charge is -2.31. The van der Waals surface area contributed by atoms with E-state index in [1.54, 1.807) is 12.1 Å². The number of nitrogens with one attached hydrogen (secondary N) is 1. The third-order valence-electron chi connectivity index (χ3n) is 4.66. The average Bonchev–Trinajstić information content (AvgIpc) is 3.07. The van der Waals surface area contributed by atoms with E-state index in [0.29, 0.717) is 24.1 Å². The highest BCUT2D eigenvalue weighted by atomic mass is 32.2. The number of nitrogens with zero attached hydrogens (tertiary/aromatic N) is 1. The van der Waals surface area contributed by atoms with Crippen LogP contribution in [0.3, 0.4) is 0 Å². The van der Waals surface area contributed by atoms with Crippen LogP contribution in [-0.4, -0.2) is 47.8 Å². The highest BCUT2D eigenvalue weighted by molar-refractivity contribution is 7.99. The lowest BCUT2D eigenvalue weighted by atomic mass is 9.97. The molecule has 126 valence electrons. The number of anilines is 1. The molecule has 0 radical (unpaired) electrons. The fourth-order valence-electron chi connectivity index (χ4n) is 3.14. The molecule has 1 aromatic rings. The second kappa shape index (κ2) is 7.09. The van der Waals surface area contributed by atoms with E-state index in [4.69, 9.17) is 0 Å². The van der Waals surface area contributed by atoms with Crippen LogP contribution in [0.4, 0.5) is 10.1 Å². The third kappa shape index (κ3) is 3.98. The Balaban J connectivity index is 1.62. The van der Waals surface area contributed by atoms with Crippen molar-refractivity contribution in [3.8, 4) is 0 Å². The largest absolute Gasteiger partial charge is 0.388 e. The van der Waals surface area contributed by atoms with Gasteiger partial charge >= 0.3 is 0 Å². The normalized spacial score (nSPS) is 20.5. The number of benzene rings is 1. The zero-order chi connectivity index (χ0) is 16.3. The summed E-state index contributed by atoms with van der Waals surface area (Å²) in [4.78, 5) is 14.2. The molecule has 1 aromatic carbocycles. The van der Waals surface area contributed by atoms with E-state index < -0.39 is 5.60 Å². The van der Waals surface area contributed by atoms with Gasteiger partial charge in [0.15, 0.2) is 0 Å². The Morgan fingerprint density at radius 2 is 2.00 bits per heavy atom. The first-order valence-corrected chi connectivity index (χ1v) is 9.36. The Morgan fingerprint density at radius 1 is 1.30 bits per heavy atom. The molecular formula is C17H23FN2O2S. The summed E-state index contributed by atoms with van der Waals surface area (Å²) in [6, 6.07) is 4.64.